The molecular weight excluding hydrogens is 404 g/mol. The Morgan fingerprint density at radius 1 is 1.07 bits per heavy atom. The van der Waals surface area contributed by atoms with Crippen LogP contribution in [0.5, 0.6) is 0 Å². The molecule has 1 atom stereocenters. The van der Waals surface area contributed by atoms with Crippen LogP contribution >= 0.6 is 11.6 Å². The van der Waals surface area contributed by atoms with Crippen LogP contribution in [0.3, 0.4) is 0 Å². The van der Waals surface area contributed by atoms with E-state index in [1.54, 1.807) is 4.90 Å². The van der Waals surface area contributed by atoms with Gasteiger partial charge in [0.15, 0.2) is 0 Å². The van der Waals surface area contributed by atoms with Gasteiger partial charge in [-0.2, -0.15) is 0 Å². The molecule has 3 amide bonds. The van der Waals surface area contributed by atoms with Gasteiger partial charge >= 0.3 is 0 Å². The van der Waals surface area contributed by atoms with Crippen molar-refractivity contribution in [2.45, 2.75) is 40.2 Å². The number of piperazine rings is 1. The molecule has 1 aliphatic rings. The molecule has 166 valence electrons. The van der Waals surface area contributed by atoms with Crippen LogP contribution in [0, 0.1) is 11.8 Å². The molecule has 0 radical (unpaired) electrons. The summed E-state index contributed by atoms with van der Waals surface area (Å²) in [6.07, 6.45) is 0.367. The molecule has 1 aliphatic heterocycles. The van der Waals surface area contributed by atoms with E-state index in [1.807, 2.05) is 52.0 Å². The zero-order valence-electron chi connectivity index (χ0n) is 18.3. The van der Waals surface area contributed by atoms with Crippen LogP contribution < -0.4 is 15.5 Å². The minimum absolute atomic E-state index is 0.0702. The molecule has 0 aromatic heterocycles. The molecule has 0 spiro atoms. The van der Waals surface area contributed by atoms with Gasteiger partial charge in [-0.3, -0.25) is 14.4 Å². The van der Waals surface area contributed by atoms with Gasteiger partial charge in [0.2, 0.25) is 17.7 Å². The number of carbonyl (C=O) groups is 3. The van der Waals surface area contributed by atoms with Crippen molar-refractivity contribution in [1.82, 2.24) is 15.5 Å². The first-order valence-corrected chi connectivity index (χ1v) is 10.9. The third-order valence-corrected chi connectivity index (χ3v) is 5.31. The van der Waals surface area contributed by atoms with E-state index in [-0.39, 0.29) is 36.1 Å². The van der Waals surface area contributed by atoms with E-state index >= 15 is 0 Å². The number of nitrogens with zero attached hydrogens (tertiary/aromatic N) is 2. The van der Waals surface area contributed by atoms with Gasteiger partial charge in [0, 0.05) is 43.3 Å². The predicted octanol–water partition coefficient (Wildman–Crippen LogP) is 2.29. The normalized spacial score (nSPS) is 15.3. The molecule has 1 aromatic rings. The van der Waals surface area contributed by atoms with Crippen molar-refractivity contribution in [2.24, 2.45) is 11.8 Å². The van der Waals surface area contributed by atoms with Crippen molar-refractivity contribution in [3.05, 3.63) is 29.3 Å². The van der Waals surface area contributed by atoms with Gasteiger partial charge in [0.05, 0.1) is 6.54 Å². The van der Waals surface area contributed by atoms with Crippen molar-refractivity contribution >= 4 is 35.0 Å². The highest BCUT2D eigenvalue weighted by Gasteiger charge is 2.26. The number of hydrogen-bond donors (Lipinski definition) is 2. The maximum atomic E-state index is 12.5. The lowest BCUT2D eigenvalue weighted by atomic mass is 10.0. The summed E-state index contributed by atoms with van der Waals surface area (Å²) in [4.78, 5) is 41.1. The Hall–Kier alpha value is -2.28. The number of nitrogens with one attached hydrogen (secondary N) is 2. The maximum absolute atomic E-state index is 12.5. The minimum Gasteiger partial charge on any atom is -0.368 e. The molecule has 1 saturated heterocycles. The lowest BCUT2D eigenvalue weighted by molar-refractivity contribution is -0.134. The molecule has 1 unspecified atom stereocenters. The van der Waals surface area contributed by atoms with Crippen molar-refractivity contribution < 1.29 is 14.4 Å². The second-order valence-corrected chi connectivity index (χ2v) is 8.89. The Morgan fingerprint density at radius 2 is 1.73 bits per heavy atom. The Kier molecular flexibility index (Phi) is 8.96. The zero-order valence-corrected chi connectivity index (χ0v) is 19.0. The molecule has 0 saturated carbocycles. The third kappa shape index (κ3) is 7.20. The fraction of sp³-hybridized carbons (Fsp3) is 0.591. The summed E-state index contributed by atoms with van der Waals surface area (Å²) in [5.41, 5.74) is 1.04. The van der Waals surface area contributed by atoms with Gasteiger partial charge in [-0.15, -0.1) is 0 Å². The highest BCUT2D eigenvalue weighted by molar-refractivity contribution is 6.30. The molecule has 0 aliphatic carbocycles. The van der Waals surface area contributed by atoms with Gasteiger partial charge in [-0.1, -0.05) is 45.4 Å². The van der Waals surface area contributed by atoms with E-state index in [9.17, 15) is 14.4 Å². The number of amides is 3. The summed E-state index contributed by atoms with van der Waals surface area (Å²) in [7, 11) is 0. The van der Waals surface area contributed by atoms with Crippen LogP contribution in [-0.4, -0.2) is 61.4 Å². The molecule has 1 heterocycles. The fourth-order valence-electron chi connectivity index (χ4n) is 3.41. The lowest BCUT2D eigenvalue weighted by Gasteiger charge is -2.36. The molecule has 0 bridgehead atoms. The second-order valence-electron chi connectivity index (χ2n) is 8.45. The van der Waals surface area contributed by atoms with Gasteiger partial charge in [-0.05, 0) is 30.0 Å². The number of benzene rings is 1. The number of anilines is 1. The van der Waals surface area contributed by atoms with Crippen LogP contribution in [0.1, 0.15) is 34.1 Å². The first-order chi connectivity index (χ1) is 14.2. The number of hydrogen-bond acceptors (Lipinski definition) is 4. The zero-order chi connectivity index (χ0) is 22.3. The standard InChI is InChI=1S/C22H33ClN4O3/c1-15(2)12-19(28)25-21(16(3)4)22(30)24-14-20(29)27-10-8-26(9-11-27)18-7-5-6-17(23)13-18/h5-7,13,15-16,21H,8-12,14H2,1-4H3,(H,24,30)(H,25,28). The Morgan fingerprint density at radius 3 is 2.30 bits per heavy atom. The largest absolute Gasteiger partial charge is 0.368 e. The molecule has 30 heavy (non-hydrogen) atoms. The van der Waals surface area contributed by atoms with E-state index in [4.69, 9.17) is 11.6 Å². The highest BCUT2D eigenvalue weighted by atomic mass is 35.5. The topological polar surface area (TPSA) is 81.8 Å². The molecule has 2 rings (SSSR count). The van der Waals surface area contributed by atoms with Gasteiger partial charge in [-0.25, -0.2) is 0 Å². The Bertz CT molecular complexity index is 746. The quantitative estimate of drug-likeness (QED) is 0.655. The number of rotatable bonds is 8. The minimum atomic E-state index is -0.649. The first-order valence-electron chi connectivity index (χ1n) is 10.5. The van der Waals surface area contributed by atoms with Crippen LogP contribution in [0.15, 0.2) is 24.3 Å². The summed E-state index contributed by atoms with van der Waals surface area (Å²) >= 11 is 6.06. The average molecular weight is 437 g/mol. The van der Waals surface area contributed by atoms with Gasteiger partial charge < -0.3 is 20.4 Å². The smallest absolute Gasteiger partial charge is 0.243 e. The fourth-order valence-corrected chi connectivity index (χ4v) is 3.59. The lowest BCUT2D eigenvalue weighted by Crippen LogP contribution is -2.54. The Balaban J connectivity index is 1.81. The third-order valence-electron chi connectivity index (χ3n) is 5.08. The summed E-state index contributed by atoms with van der Waals surface area (Å²) in [6, 6.07) is 7.02. The summed E-state index contributed by atoms with van der Waals surface area (Å²) in [6.45, 7) is 10.2. The summed E-state index contributed by atoms with van der Waals surface area (Å²) in [5, 5.41) is 6.17. The van der Waals surface area contributed by atoms with E-state index in [0.717, 1.165) is 5.69 Å². The highest BCUT2D eigenvalue weighted by Crippen LogP contribution is 2.20. The second kappa shape index (κ2) is 11.2. The SMILES string of the molecule is CC(C)CC(=O)NC(C(=O)NCC(=O)N1CCN(c2cccc(Cl)c2)CC1)C(C)C. The van der Waals surface area contributed by atoms with E-state index in [0.29, 0.717) is 37.6 Å². The van der Waals surface area contributed by atoms with Crippen LogP contribution in [-0.2, 0) is 14.4 Å². The summed E-state index contributed by atoms with van der Waals surface area (Å²) in [5.74, 6) is -0.453. The van der Waals surface area contributed by atoms with Crippen molar-refractivity contribution in [1.29, 1.82) is 0 Å². The van der Waals surface area contributed by atoms with Crippen LogP contribution in [0.25, 0.3) is 0 Å². The first kappa shape index (κ1) is 24.0. The number of carbonyl (C=O) groups excluding carboxylic acids is 3. The van der Waals surface area contributed by atoms with Crippen molar-refractivity contribution in [2.75, 3.05) is 37.6 Å². The van der Waals surface area contributed by atoms with E-state index in [1.165, 1.54) is 0 Å². The van der Waals surface area contributed by atoms with E-state index in [2.05, 4.69) is 15.5 Å². The van der Waals surface area contributed by atoms with Crippen LogP contribution in [0.2, 0.25) is 5.02 Å². The molecule has 1 aromatic carbocycles. The maximum Gasteiger partial charge on any atom is 0.243 e. The van der Waals surface area contributed by atoms with E-state index < -0.39 is 6.04 Å². The predicted molar refractivity (Wildman–Crippen MR) is 119 cm³/mol. The molecule has 8 heteroatoms. The Labute approximate surface area is 184 Å². The van der Waals surface area contributed by atoms with Crippen molar-refractivity contribution in [3.63, 3.8) is 0 Å². The molecule has 7 nitrogen and oxygen atoms in total. The summed E-state index contributed by atoms with van der Waals surface area (Å²) < 4.78 is 0. The van der Waals surface area contributed by atoms with Gasteiger partial charge in [0.25, 0.3) is 0 Å². The monoisotopic (exact) mass is 436 g/mol. The van der Waals surface area contributed by atoms with Crippen molar-refractivity contribution in [3.8, 4) is 0 Å². The number of halogens is 1. The molecular formula is C22H33ClN4O3. The molecule has 1 fully saturated rings. The van der Waals surface area contributed by atoms with Crippen LogP contribution in [0.4, 0.5) is 5.69 Å². The molecule has 2 N–H and O–H groups in total. The average Bonchev–Trinajstić information content (AvgIpc) is 2.69. The van der Waals surface area contributed by atoms with Gasteiger partial charge in [0.1, 0.15) is 6.04 Å².